The fourth-order valence-corrected chi connectivity index (χ4v) is 4.29. The smallest absolute Gasteiger partial charge is 0.222 e. The van der Waals surface area contributed by atoms with Gasteiger partial charge in [-0.15, -0.1) is 24.8 Å². The predicted octanol–water partition coefficient (Wildman–Crippen LogP) is 4.16. The summed E-state index contributed by atoms with van der Waals surface area (Å²) in [6.07, 6.45) is 9.19. The summed E-state index contributed by atoms with van der Waals surface area (Å²) in [6.45, 7) is 5.55. The molecule has 2 heterocycles. The average Bonchev–Trinajstić information content (AvgIpc) is 2.90. The minimum absolute atomic E-state index is 0. The van der Waals surface area contributed by atoms with E-state index in [2.05, 4.69) is 9.80 Å². The summed E-state index contributed by atoms with van der Waals surface area (Å²) in [6, 6.07) is 7.88. The van der Waals surface area contributed by atoms with Gasteiger partial charge in [0.2, 0.25) is 5.91 Å². The van der Waals surface area contributed by atoms with Gasteiger partial charge in [0.15, 0.2) is 0 Å². The number of anilines is 1. The molecule has 1 aromatic rings. The van der Waals surface area contributed by atoms with Crippen molar-refractivity contribution >= 4 is 36.4 Å². The van der Waals surface area contributed by atoms with E-state index in [9.17, 15) is 4.79 Å². The first kappa shape index (κ1) is 24.1. The van der Waals surface area contributed by atoms with Crippen LogP contribution in [0, 0.1) is 5.92 Å². The summed E-state index contributed by atoms with van der Waals surface area (Å²) < 4.78 is 0. The molecule has 2 aliphatic heterocycles. The molecular weight excluding hydrogens is 381 g/mol. The second-order valence-corrected chi connectivity index (χ2v) is 7.76. The summed E-state index contributed by atoms with van der Waals surface area (Å²) in [5, 5.41) is 0. The molecule has 0 spiro atoms. The molecule has 1 unspecified atom stereocenters. The lowest BCUT2D eigenvalue weighted by Crippen LogP contribution is -2.44. The molecule has 0 saturated carbocycles. The molecule has 2 aliphatic rings. The van der Waals surface area contributed by atoms with E-state index < -0.39 is 0 Å². The van der Waals surface area contributed by atoms with E-state index in [1.807, 2.05) is 24.3 Å². The Hall–Kier alpha value is -0.970. The van der Waals surface area contributed by atoms with Crippen molar-refractivity contribution in [2.24, 2.45) is 5.92 Å². The van der Waals surface area contributed by atoms with Crippen LogP contribution in [0.4, 0.5) is 5.69 Å². The molecule has 1 amide bonds. The van der Waals surface area contributed by atoms with Crippen molar-refractivity contribution in [3.8, 4) is 0 Å². The average molecular weight is 416 g/mol. The zero-order chi connectivity index (χ0) is 17.5. The topological polar surface area (TPSA) is 49.6 Å². The molecule has 0 aromatic heterocycles. The molecule has 0 aliphatic carbocycles. The molecule has 2 saturated heterocycles. The van der Waals surface area contributed by atoms with E-state index in [0.29, 0.717) is 18.2 Å². The summed E-state index contributed by atoms with van der Waals surface area (Å²) in [5.74, 6) is 0.946. The van der Waals surface area contributed by atoms with Crippen molar-refractivity contribution in [1.82, 2.24) is 9.80 Å². The number of nitrogens with zero attached hydrogens (tertiary/aromatic N) is 2. The van der Waals surface area contributed by atoms with Gasteiger partial charge in [0.25, 0.3) is 0 Å². The highest BCUT2D eigenvalue weighted by Crippen LogP contribution is 2.21. The maximum atomic E-state index is 12.6. The zero-order valence-electron chi connectivity index (χ0n) is 16.3. The summed E-state index contributed by atoms with van der Waals surface area (Å²) in [7, 11) is 0. The maximum Gasteiger partial charge on any atom is 0.222 e. The number of carbonyl (C=O) groups is 1. The Bertz CT molecular complexity index is 562. The van der Waals surface area contributed by atoms with Crippen molar-refractivity contribution in [1.29, 1.82) is 0 Å². The number of nitrogen functional groups attached to an aromatic ring is 1. The third-order valence-electron chi connectivity index (χ3n) is 5.75. The lowest BCUT2D eigenvalue weighted by atomic mass is 9.96. The number of amides is 1. The number of halogens is 2. The summed E-state index contributed by atoms with van der Waals surface area (Å²) >= 11 is 0. The Kier molecular flexibility index (Phi) is 11.1. The fraction of sp³-hybridized carbons (Fsp3) is 0.667. The number of para-hydroxylation sites is 1. The van der Waals surface area contributed by atoms with Crippen LogP contribution in [-0.4, -0.2) is 48.4 Å². The Labute approximate surface area is 176 Å². The van der Waals surface area contributed by atoms with Gasteiger partial charge >= 0.3 is 0 Å². The van der Waals surface area contributed by atoms with Crippen molar-refractivity contribution in [3.63, 3.8) is 0 Å². The number of benzene rings is 1. The van der Waals surface area contributed by atoms with E-state index in [1.54, 1.807) is 0 Å². The number of likely N-dealkylation sites (tertiary alicyclic amines) is 2. The number of rotatable bonds is 5. The molecule has 0 radical (unpaired) electrons. The van der Waals surface area contributed by atoms with Gasteiger partial charge in [0.05, 0.1) is 0 Å². The van der Waals surface area contributed by atoms with Gasteiger partial charge in [-0.1, -0.05) is 31.0 Å². The molecule has 0 bridgehead atoms. The number of aryl methyl sites for hydroxylation is 1. The second-order valence-electron chi connectivity index (χ2n) is 7.76. The van der Waals surface area contributed by atoms with Crippen LogP contribution >= 0.6 is 24.8 Å². The van der Waals surface area contributed by atoms with Crippen molar-refractivity contribution < 1.29 is 4.79 Å². The minimum Gasteiger partial charge on any atom is -0.399 e. The normalized spacial score (nSPS) is 20.9. The lowest BCUT2D eigenvalue weighted by Gasteiger charge is -2.35. The Balaban J connectivity index is 0.00000182. The molecule has 2 N–H and O–H groups in total. The number of hydrogen-bond donors (Lipinski definition) is 1. The Morgan fingerprint density at radius 1 is 1.00 bits per heavy atom. The molecule has 154 valence electrons. The number of carbonyl (C=O) groups excluding carboxylic acids is 1. The fourth-order valence-electron chi connectivity index (χ4n) is 4.29. The summed E-state index contributed by atoms with van der Waals surface area (Å²) in [4.78, 5) is 17.4. The minimum atomic E-state index is 0. The van der Waals surface area contributed by atoms with Crippen LogP contribution in [0.15, 0.2) is 24.3 Å². The molecule has 1 aromatic carbocycles. The predicted molar refractivity (Wildman–Crippen MR) is 118 cm³/mol. The van der Waals surface area contributed by atoms with Crippen molar-refractivity contribution in [3.05, 3.63) is 29.8 Å². The van der Waals surface area contributed by atoms with Crippen molar-refractivity contribution in [2.45, 2.75) is 51.4 Å². The lowest BCUT2D eigenvalue weighted by molar-refractivity contribution is -0.133. The molecule has 27 heavy (non-hydrogen) atoms. The highest BCUT2D eigenvalue weighted by Gasteiger charge is 2.25. The van der Waals surface area contributed by atoms with Crippen LogP contribution in [0.25, 0.3) is 0 Å². The van der Waals surface area contributed by atoms with E-state index in [4.69, 9.17) is 5.73 Å². The SMILES string of the molecule is Cl.Cl.Nc1ccccc1CCC(=O)N1CCCC(CN2CCCCCC2)C1. The van der Waals surface area contributed by atoms with Crippen LogP contribution in [0.3, 0.4) is 0 Å². The third kappa shape index (κ3) is 7.52. The largest absolute Gasteiger partial charge is 0.399 e. The van der Waals surface area contributed by atoms with Gasteiger partial charge in [-0.05, 0) is 62.7 Å². The number of piperidine rings is 1. The molecule has 3 rings (SSSR count). The molecule has 4 nitrogen and oxygen atoms in total. The highest BCUT2D eigenvalue weighted by atomic mass is 35.5. The Morgan fingerprint density at radius 2 is 1.70 bits per heavy atom. The van der Waals surface area contributed by atoms with Gasteiger partial charge < -0.3 is 15.5 Å². The van der Waals surface area contributed by atoms with Crippen LogP contribution in [-0.2, 0) is 11.2 Å². The highest BCUT2D eigenvalue weighted by molar-refractivity contribution is 5.85. The Morgan fingerprint density at radius 3 is 2.41 bits per heavy atom. The first-order valence-electron chi connectivity index (χ1n) is 10.1. The quantitative estimate of drug-likeness (QED) is 0.734. The maximum absolute atomic E-state index is 12.6. The van der Waals surface area contributed by atoms with E-state index in [-0.39, 0.29) is 24.8 Å². The monoisotopic (exact) mass is 415 g/mol. The van der Waals surface area contributed by atoms with Gasteiger partial charge in [0.1, 0.15) is 0 Å². The first-order valence-corrected chi connectivity index (χ1v) is 10.1. The molecule has 2 fully saturated rings. The van der Waals surface area contributed by atoms with Crippen LogP contribution < -0.4 is 5.73 Å². The second kappa shape index (κ2) is 12.5. The standard InChI is InChI=1S/C21H33N3O.2ClH/c22-20-10-4-3-9-19(20)11-12-21(25)24-15-7-8-18(17-24)16-23-13-5-1-2-6-14-23;;/h3-4,9-10,18H,1-2,5-8,11-17,22H2;2*1H. The van der Waals surface area contributed by atoms with E-state index in [0.717, 1.165) is 37.2 Å². The summed E-state index contributed by atoms with van der Waals surface area (Å²) in [5.41, 5.74) is 7.88. The van der Waals surface area contributed by atoms with E-state index in [1.165, 1.54) is 51.7 Å². The van der Waals surface area contributed by atoms with Crippen LogP contribution in [0.5, 0.6) is 0 Å². The number of nitrogens with two attached hydrogens (primary N) is 1. The van der Waals surface area contributed by atoms with Crippen LogP contribution in [0.1, 0.15) is 50.5 Å². The van der Waals surface area contributed by atoms with Gasteiger partial charge in [0, 0.05) is 31.7 Å². The first-order chi connectivity index (χ1) is 12.2. The molecular formula is C21H35Cl2N3O. The number of hydrogen-bond acceptors (Lipinski definition) is 3. The van der Waals surface area contributed by atoms with E-state index >= 15 is 0 Å². The third-order valence-corrected chi connectivity index (χ3v) is 5.75. The van der Waals surface area contributed by atoms with Gasteiger partial charge in [-0.3, -0.25) is 4.79 Å². The van der Waals surface area contributed by atoms with Gasteiger partial charge in [-0.2, -0.15) is 0 Å². The van der Waals surface area contributed by atoms with Crippen LogP contribution in [0.2, 0.25) is 0 Å². The van der Waals surface area contributed by atoms with Gasteiger partial charge in [-0.25, -0.2) is 0 Å². The molecule has 6 heteroatoms. The zero-order valence-corrected chi connectivity index (χ0v) is 17.9. The van der Waals surface area contributed by atoms with Crippen molar-refractivity contribution in [2.75, 3.05) is 38.5 Å². The molecule has 1 atom stereocenters.